The topological polar surface area (TPSA) is 91.9 Å². The zero-order valence-corrected chi connectivity index (χ0v) is 12.1. The molecule has 102 valence electrons. The van der Waals surface area contributed by atoms with Crippen LogP contribution in [0.4, 0.5) is 0 Å². The highest BCUT2D eigenvalue weighted by molar-refractivity contribution is 7.91. The van der Waals surface area contributed by atoms with Crippen molar-refractivity contribution in [1.29, 1.82) is 0 Å². The summed E-state index contributed by atoms with van der Waals surface area (Å²) in [5, 5.41) is 0. The minimum absolute atomic E-state index is 0.0195. The number of sulfonamides is 1. The highest BCUT2D eigenvalue weighted by Gasteiger charge is 2.20. The first-order valence-electron chi connectivity index (χ1n) is 5.50. The molecule has 0 atom stereocenters. The molecular formula is C11H13N3O3S2. The molecule has 0 aliphatic carbocycles. The molecule has 0 fully saturated rings. The van der Waals surface area contributed by atoms with Gasteiger partial charge in [0, 0.05) is 11.9 Å². The first-order chi connectivity index (χ1) is 8.90. The minimum Gasteiger partial charge on any atom is -0.315 e. The van der Waals surface area contributed by atoms with E-state index in [4.69, 9.17) is 0 Å². The van der Waals surface area contributed by atoms with Gasteiger partial charge in [-0.1, -0.05) is 17.4 Å². The van der Waals surface area contributed by atoms with Crippen molar-refractivity contribution in [2.75, 3.05) is 0 Å². The van der Waals surface area contributed by atoms with Gasteiger partial charge in [-0.15, -0.1) is 0 Å². The summed E-state index contributed by atoms with van der Waals surface area (Å²) in [7, 11) is -3.69. The lowest BCUT2D eigenvalue weighted by molar-refractivity contribution is 0.581. The molecule has 0 radical (unpaired) electrons. The van der Waals surface area contributed by atoms with Crippen molar-refractivity contribution < 1.29 is 8.42 Å². The summed E-state index contributed by atoms with van der Waals surface area (Å²) in [6.07, 6.45) is 1.61. The highest BCUT2D eigenvalue weighted by Crippen LogP contribution is 2.16. The Bertz CT molecular complexity index is 747. The predicted molar refractivity (Wildman–Crippen MR) is 72.7 cm³/mol. The van der Waals surface area contributed by atoms with E-state index in [1.165, 1.54) is 0 Å². The number of nitrogens with one attached hydrogen (secondary N) is 2. The fraction of sp³-hybridized carbons (Fsp3) is 0.273. The molecule has 0 bridgehead atoms. The molecule has 8 heteroatoms. The maximum absolute atomic E-state index is 12.1. The Labute approximate surface area is 114 Å². The van der Waals surface area contributed by atoms with Gasteiger partial charge in [-0.3, -0.25) is 9.78 Å². The number of pyridine rings is 1. The van der Waals surface area contributed by atoms with Gasteiger partial charge in [-0.2, -0.15) is 0 Å². The summed E-state index contributed by atoms with van der Waals surface area (Å²) in [6, 6.07) is 3.64. The van der Waals surface area contributed by atoms with Crippen molar-refractivity contribution in [2.45, 2.75) is 24.6 Å². The van der Waals surface area contributed by atoms with Gasteiger partial charge in [0.2, 0.25) is 0 Å². The Morgan fingerprint density at radius 3 is 2.74 bits per heavy atom. The quantitative estimate of drug-likeness (QED) is 0.878. The second-order valence-electron chi connectivity index (χ2n) is 4.02. The lowest BCUT2D eigenvalue weighted by Crippen LogP contribution is -2.24. The van der Waals surface area contributed by atoms with Gasteiger partial charge >= 0.3 is 4.87 Å². The molecule has 0 aromatic carbocycles. The maximum Gasteiger partial charge on any atom is 0.305 e. The average Bonchev–Trinajstić information content (AvgIpc) is 2.68. The number of aromatic nitrogens is 2. The number of H-pyrrole nitrogens is 1. The minimum atomic E-state index is -3.69. The van der Waals surface area contributed by atoms with Crippen LogP contribution in [0.1, 0.15) is 17.0 Å². The smallest absolute Gasteiger partial charge is 0.305 e. The number of aryl methyl sites for hydroxylation is 2. The van der Waals surface area contributed by atoms with E-state index in [0.717, 1.165) is 5.56 Å². The Kier molecular flexibility index (Phi) is 3.83. The molecule has 0 aliphatic heterocycles. The van der Waals surface area contributed by atoms with E-state index in [-0.39, 0.29) is 15.6 Å². The summed E-state index contributed by atoms with van der Waals surface area (Å²) in [5.41, 5.74) is 1.91. The summed E-state index contributed by atoms with van der Waals surface area (Å²) < 4.78 is 26.6. The Hall–Kier alpha value is -1.51. The predicted octanol–water partition coefficient (Wildman–Crippen LogP) is 0.927. The van der Waals surface area contributed by atoms with Crippen LogP contribution in [0.5, 0.6) is 0 Å². The van der Waals surface area contributed by atoms with Crippen LogP contribution < -0.4 is 9.60 Å². The van der Waals surface area contributed by atoms with E-state index >= 15 is 0 Å². The third kappa shape index (κ3) is 3.09. The van der Waals surface area contributed by atoms with E-state index in [1.54, 1.807) is 19.2 Å². The number of hydrogen-bond acceptors (Lipinski definition) is 5. The van der Waals surface area contributed by atoms with E-state index in [2.05, 4.69) is 14.7 Å². The molecule has 6 nitrogen and oxygen atoms in total. The SMILES string of the molecule is Cc1cccnc1CNS(=O)(=O)c1sc(=O)[nH]c1C. The molecule has 0 saturated carbocycles. The van der Waals surface area contributed by atoms with Crippen LogP contribution in [-0.4, -0.2) is 18.4 Å². The summed E-state index contributed by atoms with van der Waals surface area (Å²) in [4.78, 5) is 17.3. The Balaban J connectivity index is 2.22. The largest absolute Gasteiger partial charge is 0.315 e. The van der Waals surface area contributed by atoms with Gasteiger partial charge < -0.3 is 4.98 Å². The first-order valence-corrected chi connectivity index (χ1v) is 7.80. The molecule has 2 heterocycles. The number of hydrogen-bond donors (Lipinski definition) is 2. The van der Waals surface area contributed by atoms with Gasteiger partial charge in [0.25, 0.3) is 10.0 Å². The highest BCUT2D eigenvalue weighted by atomic mass is 32.2. The lowest BCUT2D eigenvalue weighted by atomic mass is 10.2. The molecule has 19 heavy (non-hydrogen) atoms. The number of thiazole rings is 1. The Morgan fingerprint density at radius 2 is 2.16 bits per heavy atom. The maximum atomic E-state index is 12.1. The van der Waals surface area contributed by atoms with Gasteiger partial charge in [0.05, 0.1) is 12.2 Å². The second-order valence-corrected chi connectivity index (χ2v) is 6.96. The Morgan fingerprint density at radius 1 is 1.42 bits per heavy atom. The molecule has 0 saturated heterocycles. The van der Waals surface area contributed by atoms with Crippen LogP contribution in [0, 0.1) is 13.8 Å². The van der Waals surface area contributed by atoms with Gasteiger partial charge in [-0.25, -0.2) is 13.1 Å². The lowest BCUT2D eigenvalue weighted by Gasteiger charge is -2.06. The van der Waals surface area contributed by atoms with Crippen molar-refractivity contribution >= 4 is 21.4 Å². The summed E-state index contributed by atoms with van der Waals surface area (Å²) in [5.74, 6) is 0. The van der Waals surface area contributed by atoms with Crippen molar-refractivity contribution in [2.24, 2.45) is 0 Å². The fourth-order valence-corrected chi connectivity index (χ4v) is 3.91. The third-order valence-electron chi connectivity index (χ3n) is 2.57. The summed E-state index contributed by atoms with van der Waals surface area (Å²) >= 11 is 0.679. The van der Waals surface area contributed by atoms with Gasteiger partial charge in [0.1, 0.15) is 0 Å². The van der Waals surface area contributed by atoms with E-state index < -0.39 is 10.0 Å². The molecule has 2 N–H and O–H groups in total. The molecule has 0 spiro atoms. The van der Waals surface area contributed by atoms with Crippen LogP contribution in [0.25, 0.3) is 0 Å². The standard InChI is InChI=1S/C11H13N3O3S2/c1-7-4-3-5-12-9(7)6-13-19(16,17)10-8(2)14-11(15)18-10/h3-5,13H,6H2,1-2H3,(H,14,15). The fourth-order valence-electron chi connectivity index (χ4n) is 1.58. The second kappa shape index (κ2) is 5.24. The average molecular weight is 299 g/mol. The molecule has 2 aromatic heterocycles. The zero-order valence-electron chi connectivity index (χ0n) is 10.4. The van der Waals surface area contributed by atoms with Crippen LogP contribution in [0.15, 0.2) is 27.3 Å². The van der Waals surface area contributed by atoms with E-state index in [0.29, 0.717) is 22.7 Å². The molecule has 0 amide bonds. The van der Waals surface area contributed by atoms with Crippen molar-refractivity contribution in [3.63, 3.8) is 0 Å². The number of nitrogens with zero attached hydrogens (tertiary/aromatic N) is 1. The number of aromatic amines is 1. The van der Waals surface area contributed by atoms with E-state index in [9.17, 15) is 13.2 Å². The monoisotopic (exact) mass is 299 g/mol. The van der Waals surface area contributed by atoms with Crippen molar-refractivity contribution in [3.05, 3.63) is 44.9 Å². The molecule has 2 aromatic rings. The van der Waals surface area contributed by atoms with Crippen molar-refractivity contribution in [3.8, 4) is 0 Å². The molecule has 0 unspecified atom stereocenters. The molecule has 2 rings (SSSR count). The number of rotatable bonds is 4. The van der Waals surface area contributed by atoms with Gasteiger partial charge in [0.15, 0.2) is 4.21 Å². The first kappa shape index (κ1) is 13.9. The zero-order chi connectivity index (χ0) is 14.0. The van der Waals surface area contributed by atoms with Crippen LogP contribution in [0.2, 0.25) is 0 Å². The normalized spacial score (nSPS) is 11.7. The molecule has 0 aliphatic rings. The van der Waals surface area contributed by atoms with Crippen LogP contribution >= 0.6 is 11.3 Å². The van der Waals surface area contributed by atoms with Crippen LogP contribution in [0.3, 0.4) is 0 Å². The third-order valence-corrected chi connectivity index (χ3v) is 5.58. The summed E-state index contributed by atoms with van der Waals surface area (Å²) in [6.45, 7) is 3.51. The van der Waals surface area contributed by atoms with Crippen LogP contribution in [-0.2, 0) is 16.6 Å². The van der Waals surface area contributed by atoms with Gasteiger partial charge in [-0.05, 0) is 25.5 Å². The van der Waals surface area contributed by atoms with E-state index in [1.807, 2.05) is 13.0 Å². The molecular weight excluding hydrogens is 286 g/mol. The van der Waals surface area contributed by atoms with Crippen molar-refractivity contribution in [1.82, 2.24) is 14.7 Å².